The lowest BCUT2D eigenvalue weighted by molar-refractivity contribution is -0.136. The molecule has 1 rings (SSSR count). The van der Waals surface area contributed by atoms with Gasteiger partial charge in [0, 0.05) is 10.0 Å². The average molecular weight is 281 g/mol. The second-order valence-electron chi connectivity index (χ2n) is 2.77. The third-order valence-corrected chi connectivity index (χ3v) is 2.30. The molecule has 0 saturated carbocycles. The molecule has 0 aromatic carbocycles. The molecule has 3 N–H and O–H groups in total. The van der Waals surface area contributed by atoms with E-state index in [1.165, 1.54) is 6.07 Å². The van der Waals surface area contributed by atoms with Gasteiger partial charge in [-0.2, -0.15) is 0 Å². The number of hydrogen-bond donors (Lipinski definition) is 2. The minimum atomic E-state index is -2.75. The third-order valence-electron chi connectivity index (χ3n) is 1.66. The highest BCUT2D eigenvalue weighted by molar-refractivity contribution is 9.10. The molecule has 0 aliphatic carbocycles. The van der Waals surface area contributed by atoms with Crippen LogP contribution < -0.4 is 5.73 Å². The monoisotopic (exact) mass is 280 g/mol. The van der Waals surface area contributed by atoms with E-state index in [2.05, 4.69) is 20.9 Å². The Kier molecular flexibility index (Phi) is 3.57. The van der Waals surface area contributed by atoms with Crippen LogP contribution in [0.15, 0.2) is 10.5 Å². The Morgan fingerprint density at radius 2 is 2.27 bits per heavy atom. The molecule has 0 unspecified atom stereocenters. The van der Waals surface area contributed by atoms with Gasteiger partial charge in [0.15, 0.2) is 0 Å². The van der Waals surface area contributed by atoms with Crippen LogP contribution in [0.2, 0.25) is 0 Å². The van der Waals surface area contributed by atoms with E-state index in [1.807, 2.05) is 0 Å². The molecular formula is C8H7BrF2N2O2. The standard InChI is InChI=1S/C8H7BrF2N2O2/c9-4-1-3(2-5(14)15)8(12)13-6(4)7(10)11/h1,7H,2H2,(H2,12,13)(H,14,15). The molecule has 0 bridgehead atoms. The fourth-order valence-corrected chi connectivity index (χ4v) is 1.55. The number of alkyl halides is 2. The molecule has 1 aromatic heterocycles. The van der Waals surface area contributed by atoms with E-state index in [0.29, 0.717) is 0 Å². The number of carbonyl (C=O) groups is 1. The quantitative estimate of drug-likeness (QED) is 0.888. The number of carboxylic acids is 1. The van der Waals surface area contributed by atoms with E-state index in [4.69, 9.17) is 10.8 Å². The summed E-state index contributed by atoms with van der Waals surface area (Å²) in [6.07, 6.45) is -3.10. The van der Waals surface area contributed by atoms with Crippen LogP contribution in [0.5, 0.6) is 0 Å². The summed E-state index contributed by atoms with van der Waals surface area (Å²) in [6, 6.07) is 1.25. The van der Waals surface area contributed by atoms with E-state index >= 15 is 0 Å². The fraction of sp³-hybridized carbons (Fsp3) is 0.250. The number of pyridine rings is 1. The van der Waals surface area contributed by atoms with Gasteiger partial charge in [0.05, 0.1) is 6.42 Å². The zero-order valence-corrected chi connectivity index (χ0v) is 8.96. The summed E-state index contributed by atoms with van der Waals surface area (Å²) >= 11 is 2.88. The Bertz CT molecular complexity index is 398. The molecule has 0 atom stereocenters. The molecule has 0 saturated heterocycles. The van der Waals surface area contributed by atoms with E-state index in [0.717, 1.165) is 0 Å². The number of aliphatic carboxylic acids is 1. The van der Waals surface area contributed by atoms with Gasteiger partial charge in [0.2, 0.25) is 0 Å². The predicted octanol–water partition coefficient (Wildman–Crippen LogP) is 1.99. The molecule has 1 heterocycles. The lowest BCUT2D eigenvalue weighted by Crippen LogP contribution is -2.07. The lowest BCUT2D eigenvalue weighted by Gasteiger charge is -2.07. The van der Waals surface area contributed by atoms with Crippen molar-refractivity contribution < 1.29 is 18.7 Å². The SMILES string of the molecule is Nc1nc(C(F)F)c(Br)cc1CC(=O)O. The first kappa shape index (κ1) is 11.8. The van der Waals surface area contributed by atoms with Gasteiger partial charge in [0.1, 0.15) is 11.5 Å². The zero-order valence-electron chi connectivity index (χ0n) is 7.38. The third kappa shape index (κ3) is 2.85. The molecule has 0 aliphatic heterocycles. The minimum Gasteiger partial charge on any atom is -0.481 e. The maximum absolute atomic E-state index is 12.3. The van der Waals surface area contributed by atoms with Crippen LogP contribution in [0.3, 0.4) is 0 Å². The number of nitrogens with zero attached hydrogens (tertiary/aromatic N) is 1. The van der Waals surface area contributed by atoms with Gasteiger partial charge in [-0.15, -0.1) is 0 Å². The van der Waals surface area contributed by atoms with Crippen molar-refractivity contribution in [3.63, 3.8) is 0 Å². The number of nitrogens with two attached hydrogens (primary N) is 1. The number of carboxylic acid groups (broad SMARTS) is 1. The van der Waals surface area contributed by atoms with Crippen LogP contribution in [0, 0.1) is 0 Å². The van der Waals surface area contributed by atoms with Gasteiger partial charge in [-0.05, 0) is 22.0 Å². The van der Waals surface area contributed by atoms with Crippen LogP contribution in [-0.2, 0) is 11.2 Å². The van der Waals surface area contributed by atoms with Gasteiger partial charge in [-0.3, -0.25) is 4.79 Å². The average Bonchev–Trinajstić information content (AvgIpc) is 2.09. The highest BCUT2D eigenvalue weighted by Gasteiger charge is 2.17. The van der Waals surface area contributed by atoms with Gasteiger partial charge in [0.25, 0.3) is 6.43 Å². The van der Waals surface area contributed by atoms with Crippen molar-refractivity contribution in [3.05, 3.63) is 21.8 Å². The number of hydrogen-bond acceptors (Lipinski definition) is 3. The molecule has 0 fully saturated rings. The summed E-state index contributed by atoms with van der Waals surface area (Å²) in [5, 5.41) is 8.51. The minimum absolute atomic E-state index is 0.0583. The van der Waals surface area contributed by atoms with Crippen molar-refractivity contribution in [2.24, 2.45) is 0 Å². The Balaban J connectivity index is 3.13. The number of anilines is 1. The Morgan fingerprint density at radius 3 is 2.73 bits per heavy atom. The van der Waals surface area contributed by atoms with Crippen LogP contribution >= 0.6 is 15.9 Å². The van der Waals surface area contributed by atoms with Crippen LogP contribution in [0.4, 0.5) is 14.6 Å². The number of halogens is 3. The van der Waals surface area contributed by atoms with Crippen molar-refractivity contribution in [1.82, 2.24) is 4.98 Å². The van der Waals surface area contributed by atoms with Crippen LogP contribution in [0.1, 0.15) is 17.7 Å². The van der Waals surface area contributed by atoms with Crippen LogP contribution in [-0.4, -0.2) is 16.1 Å². The molecule has 7 heteroatoms. The maximum atomic E-state index is 12.3. The molecule has 0 radical (unpaired) electrons. The van der Waals surface area contributed by atoms with E-state index < -0.39 is 18.1 Å². The molecule has 4 nitrogen and oxygen atoms in total. The van der Waals surface area contributed by atoms with Gasteiger partial charge in [-0.25, -0.2) is 13.8 Å². The molecule has 15 heavy (non-hydrogen) atoms. The van der Waals surface area contributed by atoms with E-state index in [-0.39, 0.29) is 22.3 Å². The Hall–Kier alpha value is -1.24. The van der Waals surface area contributed by atoms with Gasteiger partial charge in [-0.1, -0.05) is 0 Å². The van der Waals surface area contributed by atoms with Crippen molar-refractivity contribution in [2.45, 2.75) is 12.8 Å². The molecular weight excluding hydrogens is 274 g/mol. The summed E-state index contributed by atoms with van der Waals surface area (Å²) < 4.78 is 24.7. The van der Waals surface area contributed by atoms with Gasteiger partial charge >= 0.3 is 5.97 Å². The lowest BCUT2D eigenvalue weighted by atomic mass is 10.2. The first-order valence-electron chi connectivity index (χ1n) is 3.86. The summed E-state index contributed by atoms with van der Waals surface area (Å²) in [7, 11) is 0. The maximum Gasteiger partial charge on any atom is 0.307 e. The fourth-order valence-electron chi connectivity index (χ4n) is 1.01. The van der Waals surface area contributed by atoms with Crippen molar-refractivity contribution in [2.75, 3.05) is 5.73 Å². The van der Waals surface area contributed by atoms with E-state index in [9.17, 15) is 13.6 Å². The molecule has 82 valence electrons. The Morgan fingerprint density at radius 1 is 1.67 bits per heavy atom. The van der Waals surface area contributed by atoms with Crippen molar-refractivity contribution in [1.29, 1.82) is 0 Å². The number of rotatable bonds is 3. The number of aromatic nitrogens is 1. The van der Waals surface area contributed by atoms with Crippen LogP contribution in [0.25, 0.3) is 0 Å². The first-order chi connectivity index (χ1) is 6.91. The highest BCUT2D eigenvalue weighted by Crippen LogP contribution is 2.28. The summed E-state index contributed by atoms with van der Waals surface area (Å²) in [5.74, 6) is -1.28. The second kappa shape index (κ2) is 4.52. The normalized spacial score (nSPS) is 10.7. The number of nitrogen functional groups attached to an aromatic ring is 1. The summed E-state index contributed by atoms with van der Waals surface area (Å²) in [4.78, 5) is 13.8. The first-order valence-corrected chi connectivity index (χ1v) is 4.66. The predicted molar refractivity (Wildman–Crippen MR) is 52.6 cm³/mol. The van der Waals surface area contributed by atoms with Gasteiger partial charge < -0.3 is 10.8 Å². The topological polar surface area (TPSA) is 76.2 Å². The van der Waals surface area contributed by atoms with E-state index in [1.54, 1.807) is 0 Å². The van der Waals surface area contributed by atoms with Crippen molar-refractivity contribution in [3.8, 4) is 0 Å². The smallest absolute Gasteiger partial charge is 0.307 e. The molecule has 0 spiro atoms. The highest BCUT2D eigenvalue weighted by atomic mass is 79.9. The second-order valence-corrected chi connectivity index (χ2v) is 3.63. The Labute approximate surface area is 92.2 Å². The summed E-state index contributed by atoms with van der Waals surface area (Å²) in [5.41, 5.74) is 5.07. The molecule has 1 aromatic rings. The molecule has 0 aliphatic rings. The summed E-state index contributed by atoms with van der Waals surface area (Å²) in [6.45, 7) is 0. The van der Waals surface area contributed by atoms with Crippen molar-refractivity contribution >= 4 is 27.7 Å². The zero-order chi connectivity index (χ0) is 11.6. The molecule has 0 amide bonds. The largest absolute Gasteiger partial charge is 0.481 e.